The van der Waals surface area contributed by atoms with Gasteiger partial charge in [0.05, 0.1) is 6.04 Å². The fraction of sp³-hybridized carbons (Fsp3) is 0.100. The first-order valence-electron chi connectivity index (χ1n) is 4.28. The van der Waals surface area contributed by atoms with Crippen LogP contribution in [-0.2, 0) is 0 Å². The largest absolute Gasteiger partial charge is 0.320 e. The molecule has 2 rings (SSSR count). The third-order valence-corrected chi connectivity index (χ3v) is 3.30. The summed E-state index contributed by atoms with van der Waals surface area (Å²) >= 11 is 13.3. The maximum Gasteiger partial charge on any atom is 0.135 e. The Bertz CT molecular complexity index is 459. The van der Waals surface area contributed by atoms with Crippen molar-refractivity contribution in [1.29, 1.82) is 0 Å². The summed E-state index contributed by atoms with van der Waals surface area (Å²) in [5, 5.41) is 4.71. The zero-order valence-electron chi connectivity index (χ0n) is 8.06. The normalized spacial score (nSPS) is 11.9. The van der Waals surface area contributed by atoms with Gasteiger partial charge in [0.15, 0.2) is 0 Å². The number of hydrogen-bond acceptors (Lipinski definition) is 3. The van der Waals surface area contributed by atoms with Crippen LogP contribution in [0, 0.1) is 0 Å². The summed E-state index contributed by atoms with van der Waals surface area (Å²) in [6, 6.07) is 5.23. The van der Waals surface area contributed by atoms with E-state index in [1.165, 1.54) is 0 Å². The van der Waals surface area contributed by atoms with E-state index >= 15 is 0 Å². The van der Waals surface area contributed by atoms with E-state index in [2.05, 4.69) is 4.98 Å². The molecule has 0 aliphatic rings. The third-order valence-electron chi connectivity index (χ3n) is 2.08. The van der Waals surface area contributed by atoms with Crippen molar-refractivity contribution in [3.05, 3.63) is 50.4 Å². The average molecular weight is 296 g/mol. The van der Waals surface area contributed by atoms with Crippen LogP contribution in [0.5, 0.6) is 0 Å². The molecule has 2 heterocycles. The van der Waals surface area contributed by atoms with Crippen LogP contribution in [0.3, 0.4) is 0 Å². The Morgan fingerprint density at radius 3 is 2.56 bits per heavy atom. The van der Waals surface area contributed by atoms with Crippen LogP contribution < -0.4 is 5.73 Å². The van der Waals surface area contributed by atoms with Crippen LogP contribution in [0.4, 0.5) is 0 Å². The zero-order valence-corrected chi connectivity index (χ0v) is 11.2. The zero-order chi connectivity index (χ0) is 10.8. The molecule has 0 bridgehead atoms. The first-order valence-corrected chi connectivity index (χ1v) is 5.98. The number of thiophene rings is 1. The van der Waals surface area contributed by atoms with E-state index in [9.17, 15) is 0 Å². The Labute approximate surface area is 114 Å². The Balaban J connectivity index is 0.00000128. The molecule has 2 aromatic rings. The molecule has 0 saturated carbocycles. The molecule has 2 N–H and O–H groups in total. The van der Waals surface area contributed by atoms with Gasteiger partial charge >= 0.3 is 0 Å². The smallest absolute Gasteiger partial charge is 0.135 e. The lowest BCUT2D eigenvalue weighted by atomic mass is 10.0. The molecule has 0 spiro atoms. The molecule has 0 saturated heterocycles. The van der Waals surface area contributed by atoms with Gasteiger partial charge < -0.3 is 5.73 Å². The van der Waals surface area contributed by atoms with Crippen LogP contribution in [0.25, 0.3) is 0 Å². The van der Waals surface area contributed by atoms with Gasteiger partial charge in [0.1, 0.15) is 10.3 Å². The Morgan fingerprint density at radius 2 is 2.00 bits per heavy atom. The minimum Gasteiger partial charge on any atom is -0.320 e. The van der Waals surface area contributed by atoms with Crippen LogP contribution in [0.1, 0.15) is 17.2 Å². The Hall–Kier alpha value is -0.320. The van der Waals surface area contributed by atoms with Gasteiger partial charge in [0.2, 0.25) is 0 Å². The van der Waals surface area contributed by atoms with Crippen LogP contribution in [0.2, 0.25) is 10.3 Å². The number of pyridine rings is 1. The van der Waals surface area contributed by atoms with Gasteiger partial charge in [-0.15, -0.1) is 12.4 Å². The number of rotatable bonds is 2. The summed E-state index contributed by atoms with van der Waals surface area (Å²) in [5.74, 6) is 0. The first kappa shape index (κ1) is 13.7. The van der Waals surface area contributed by atoms with E-state index in [4.69, 9.17) is 28.9 Å². The summed E-state index contributed by atoms with van der Waals surface area (Å²) in [4.78, 5) is 3.96. The minimum atomic E-state index is -0.242. The van der Waals surface area contributed by atoms with Crippen molar-refractivity contribution < 1.29 is 0 Å². The van der Waals surface area contributed by atoms with Crippen molar-refractivity contribution in [3.8, 4) is 0 Å². The van der Waals surface area contributed by atoms with E-state index in [1.807, 2.05) is 16.8 Å². The summed E-state index contributed by atoms with van der Waals surface area (Å²) in [6.45, 7) is 0. The predicted molar refractivity (Wildman–Crippen MR) is 71.9 cm³/mol. The number of nitrogens with two attached hydrogens (primary N) is 1. The molecule has 6 heteroatoms. The lowest BCUT2D eigenvalue weighted by molar-refractivity contribution is 0.869. The SMILES string of the molecule is Cl.N[C@@H](c1ccsc1)c1ccc(Cl)nc1Cl. The van der Waals surface area contributed by atoms with Crippen molar-refractivity contribution >= 4 is 46.9 Å². The van der Waals surface area contributed by atoms with Crippen molar-refractivity contribution in [2.24, 2.45) is 5.73 Å². The number of hydrogen-bond donors (Lipinski definition) is 1. The second-order valence-electron chi connectivity index (χ2n) is 3.05. The third kappa shape index (κ3) is 2.87. The molecule has 0 unspecified atom stereocenters. The second-order valence-corrected chi connectivity index (χ2v) is 4.57. The topological polar surface area (TPSA) is 38.9 Å². The van der Waals surface area contributed by atoms with Crippen molar-refractivity contribution in [2.45, 2.75) is 6.04 Å². The molecular formula is C10H9Cl3N2S. The molecular weight excluding hydrogens is 287 g/mol. The maximum absolute atomic E-state index is 6.05. The standard InChI is InChI=1S/C10H8Cl2N2S.ClH/c11-8-2-1-7(10(12)14-8)9(13)6-3-4-15-5-6;/h1-5,9H,13H2;1H/t9-;/m0./s1. The molecule has 2 nitrogen and oxygen atoms in total. The lowest BCUT2D eigenvalue weighted by Crippen LogP contribution is -2.11. The van der Waals surface area contributed by atoms with Crippen LogP contribution in [-0.4, -0.2) is 4.98 Å². The molecule has 0 aromatic carbocycles. The predicted octanol–water partition coefficient (Wildman–Crippen LogP) is 3.92. The molecule has 0 amide bonds. The minimum absolute atomic E-state index is 0. The Morgan fingerprint density at radius 1 is 1.25 bits per heavy atom. The molecule has 16 heavy (non-hydrogen) atoms. The molecule has 0 aliphatic heterocycles. The first-order chi connectivity index (χ1) is 7.18. The van der Waals surface area contributed by atoms with E-state index < -0.39 is 0 Å². The van der Waals surface area contributed by atoms with Crippen molar-refractivity contribution in [3.63, 3.8) is 0 Å². The fourth-order valence-electron chi connectivity index (χ4n) is 1.29. The van der Waals surface area contributed by atoms with Crippen LogP contribution in [0.15, 0.2) is 29.0 Å². The van der Waals surface area contributed by atoms with E-state index in [-0.39, 0.29) is 18.4 Å². The quantitative estimate of drug-likeness (QED) is 0.853. The lowest BCUT2D eigenvalue weighted by Gasteiger charge is -2.11. The highest BCUT2D eigenvalue weighted by molar-refractivity contribution is 7.08. The molecule has 0 radical (unpaired) electrons. The summed E-state index contributed by atoms with van der Waals surface area (Å²) in [6.07, 6.45) is 0. The number of aromatic nitrogens is 1. The second kappa shape index (κ2) is 5.84. The van der Waals surface area contributed by atoms with Gasteiger partial charge in [-0.2, -0.15) is 11.3 Å². The molecule has 86 valence electrons. The van der Waals surface area contributed by atoms with E-state index in [0.29, 0.717) is 10.3 Å². The van der Waals surface area contributed by atoms with Crippen LogP contribution >= 0.6 is 46.9 Å². The highest BCUT2D eigenvalue weighted by atomic mass is 35.5. The monoisotopic (exact) mass is 294 g/mol. The van der Waals surface area contributed by atoms with Crippen molar-refractivity contribution in [1.82, 2.24) is 4.98 Å². The molecule has 2 aromatic heterocycles. The summed E-state index contributed by atoms with van der Waals surface area (Å²) in [7, 11) is 0. The molecule has 0 aliphatic carbocycles. The van der Waals surface area contributed by atoms with E-state index in [1.54, 1.807) is 23.5 Å². The van der Waals surface area contributed by atoms with Gasteiger partial charge in [0, 0.05) is 5.56 Å². The van der Waals surface area contributed by atoms with Gasteiger partial charge in [-0.05, 0) is 28.5 Å². The highest BCUT2D eigenvalue weighted by Gasteiger charge is 2.13. The summed E-state index contributed by atoms with van der Waals surface area (Å²) < 4.78 is 0. The summed E-state index contributed by atoms with van der Waals surface area (Å²) in [5.41, 5.74) is 7.88. The molecule has 0 fully saturated rings. The van der Waals surface area contributed by atoms with Crippen molar-refractivity contribution in [2.75, 3.05) is 0 Å². The molecule has 1 atom stereocenters. The van der Waals surface area contributed by atoms with Gasteiger partial charge in [-0.25, -0.2) is 4.98 Å². The van der Waals surface area contributed by atoms with Gasteiger partial charge in [-0.1, -0.05) is 29.3 Å². The maximum atomic E-state index is 6.05. The Kier molecular flexibility index (Phi) is 5.02. The number of nitrogens with zero attached hydrogens (tertiary/aromatic N) is 1. The highest BCUT2D eigenvalue weighted by Crippen LogP contribution is 2.27. The van der Waals surface area contributed by atoms with Gasteiger partial charge in [-0.3, -0.25) is 0 Å². The van der Waals surface area contributed by atoms with E-state index in [0.717, 1.165) is 11.1 Å². The number of halogens is 3. The average Bonchev–Trinajstić information content (AvgIpc) is 2.69. The van der Waals surface area contributed by atoms with Gasteiger partial charge in [0.25, 0.3) is 0 Å². The fourth-order valence-corrected chi connectivity index (χ4v) is 2.45.